The van der Waals surface area contributed by atoms with Gasteiger partial charge in [-0.2, -0.15) is 0 Å². The molecule has 0 spiro atoms. The number of benzene rings is 5. The molecule has 1 unspecified atom stereocenters. The monoisotopic (exact) mass is 1570 g/mol. The average Bonchev–Trinajstić information content (AvgIpc) is 1.63. The van der Waals surface area contributed by atoms with Crippen molar-refractivity contribution in [3.8, 4) is 40.2 Å². The van der Waals surface area contributed by atoms with Crippen LogP contribution in [0.4, 0.5) is 4.39 Å². The number of nitrogens with zero attached hydrogens (tertiary/aromatic N) is 4. The maximum atomic E-state index is 12.9. The van der Waals surface area contributed by atoms with Gasteiger partial charge in [0.25, 0.3) is 0 Å². The molecule has 0 aliphatic rings. The molecule has 28 heteroatoms. The van der Waals surface area contributed by atoms with Crippen molar-refractivity contribution in [1.29, 1.82) is 0 Å². The molecular formula is C80H91FN4O18S5. The summed E-state index contributed by atoms with van der Waals surface area (Å²) in [6.07, 6.45) is 19.1. The van der Waals surface area contributed by atoms with Crippen molar-refractivity contribution in [2.24, 2.45) is 0 Å². The summed E-state index contributed by atoms with van der Waals surface area (Å²) in [6, 6.07) is 35.1. The van der Waals surface area contributed by atoms with Gasteiger partial charge in [-0.3, -0.25) is 19.2 Å². The molecule has 0 aliphatic carbocycles. The van der Waals surface area contributed by atoms with Crippen LogP contribution in [-0.2, 0) is 25.4 Å². The lowest BCUT2D eigenvalue weighted by Gasteiger charge is -2.12. The van der Waals surface area contributed by atoms with Crippen LogP contribution in [0.25, 0.3) is 0 Å². The second kappa shape index (κ2) is 49.3. The van der Waals surface area contributed by atoms with Gasteiger partial charge in [-0.25, -0.2) is 43.5 Å². The number of carbonyl (C=O) groups excluding carboxylic acids is 8. The first-order valence-electron chi connectivity index (χ1n) is 35.3. The second-order valence-corrected chi connectivity index (χ2v) is 28.3. The third-order valence-electron chi connectivity index (χ3n) is 15.4. The number of esters is 4. The fourth-order valence-electron chi connectivity index (χ4n) is 9.41. The molecule has 0 saturated heterocycles. The Labute approximate surface area is 649 Å². The third kappa shape index (κ3) is 31.6. The van der Waals surface area contributed by atoms with Gasteiger partial charge in [-0.15, -0.1) is 57.1 Å². The van der Waals surface area contributed by atoms with Crippen LogP contribution in [0.1, 0.15) is 211 Å². The van der Waals surface area contributed by atoms with Gasteiger partial charge < -0.3 is 47.4 Å². The molecular weight excluding hydrogens is 1480 g/mol. The van der Waals surface area contributed by atoms with Crippen LogP contribution in [0.3, 0.4) is 0 Å². The highest BCUT2D eigenvalue weighted by atomic mass is 32.2. The number of hydrogen-bond acceptors (Lipinski definition) is 27. The first kappa shape index (κ1) is 87.2. The van der Waals surface area contributed by atoms with Crippen LogP contribution >= 0.6 is 57.1 Å². The average molecular weight is 1580 g/mol. The number of aryl methyl sites for hydroxylation is 1. The first-order chi connectivity index (χ1) is 52.4. The zero-order chi connectivity index (χ0) is 77.8. The fraction of sp³-hybridized carbons (Fsp3) is 0.375. The fourth-order valence-corrected chi connectivity index (χ4v) is 13.3. The molecule has 4 aromatic heterocycles. The Balaban J connectivity index is 0.000000225. The second-order valence-electron chi connectivity index (χ2n) is 23.7. The lowest BCUT2D eigenvalue weighted by atomic mass is 10.0. The maximum Gasteiger partial charge on any atom is 0.357 e. The number of aromatic nitrogens is 4. The van der Waals surface area contributed by atoms with Crippen LogP contribution < -0.4 is 28.4 Å². The van der Waals surface area contributed by atoms with Gasteiger partial charge in [-0.05, 0) is 153 Å². The topological polar surface area (TPSA) is 280 Å². The number of rotatable bonds is 42. The molecule has 0 radical (unpaired) electrons. The van der Waals surface area contributed by atoms with Crippen molar-refractivity contribution < 1.29 is 90.1 Å². The molecule has 0 N–H and O–H groups in total. The Hall–Kier alpha value is -9.74. The highest BCUT2D eigenvalue weighted by Gasteiger charge is 2.24. The van der Waals surface area contributed by atoms with Crippen LogP contribution in [0.15, 0.2) is 148 Å². The van der Waals surface area contributed by atoms with Crippen molar-refractivity contribution in [3.05, 3.63) is 197 Å². The van der Waals surface area contributed by atoms with Crippen LogP contribution in [0, 0.1) is 5.82 Å². The van der Waals surface area contributed by atoms with Crippen molar-refractivity contribution in [3.63, 3.8) is 0 Å². The van der Waals surface area contributed by atoms with Gasteiger partial charge in [0.05, 0.1) is 35.0 Å². The van der Waals surface area contributed by atoms with Gasteiger partial charge in [0, 0.05) is 26.4 Å². The maximum absolute atomic E-state index is 12.9. The number of thioether (sulfide) groups is 1. The Morgan fingerprint density at radius 1 is 0.389 bits per heavy atom. The minimum Gasteiger partial charge on any atom is -0.494 e. The quantitative estimate of drug-likeness (QED) is 0.0113. The summed E-state index contributed by atoms with van der Waals surface area (Å²) in [7, 11) is 5.08. The number of thiazole rings is 4. The van der Waals surface area contributed by atoms with Gasteiger partial charge in [0.15, 0.2) is 68.7 Å². The van der Waals surface area contributed by atoms with E-state index in [0.29, 0.717) is 41.1 Å². The minimum atomic E-state index is -0.686. The number of unbranched alkanes of at least 4 members (excludes halogenated alkanes) is 12. The summed E-state index contributed by atoms with van der Waals surface area (Å²) in [5, 5.41) is 6.85. The number of halogens is 1. The molecule has 576 valence electrons. The van der Waals surface area contributed by atoms with E-state index >= 15 is 0 Å². The Morgan fingerprint density at radius 2 is 0.722 bits per heavy atom. The summed E-state index contributed by atoms with van der Waals surface area (Å²) in [5.74, 6) is 1.53. The van der Waals surface area contributed by atoms with E-state index in [2.05, 4.69) is 59.7 Å². The largest absolute Gasteiger partial charge is 0.494 e. The standard InChI is InChI=1S/C21H27NO4S.C20H25NO5S.C20H25NO4S2.C19H14FNO5S/c1-3-4-5-6-7-8-9-16-10-12-17(13-11-16)26-14-19(23)20-22-18(15-27-20)21(24)25-2;1-3-4-5-6-7-12-25-15-8-10-16(11-9-15)26-13-18(22)19-21-17(14-27-19)20(23)24-2;1-4-5-6-7-12-26-16-10-8-15(9-11-16)25-14(2)18(22)19-21-17(13-27-19)20(23)24-3;1-24-19(23)16-11-27-18(21-16)17(22)10-25-13-6-8-15(9-7-13)26-14-4-2-12(20)3-5-14/h10-13,15H,3-9,14H2,1-2H3;8-11,14H,3-7,12-13H2,1-2H3;8-11,13-14H,4-7,12H2,1-3H3;2-9,11H,10H2,1H3. The van der Waals surface area contributed by atoms with Crippen LogP contribution in [-0.4, -0.2) is 134 Å². The lowest BCUT2D eigenvalue weighted by Crippen LogP contribution is -2.24. The number of Topliss-reactive ketones (excluding diaryl/α,β-unsaturated/α-hetero) is 4. The van der Waals surface area contributed by atoms with Crippen LogP contribution in [0.2, 0.25) is 0 Å². The highest BCUT2D eigenvalue weighted by molar-refractivity contribution is 7.99. The van der Waals surface area contributed by atoms with Crippen molar-refractivity contribution >= 4 is 104 Å². The van der Waals surface area contributed by atoms with Gasteiger partial charge in [-0.1, -0.05) is 110 Å². The molecule has 108 heavy (non-hydrogen) atoms. The molecule has 4 heterocycles. The molecule has 9 rings (SSSR count). The van der Waals surface area contributed by atoms with Crippen molar-refractivity contribution in [2.75, 3.05) is 60.6 Å². The summed E-state index contributed by atoms with van der Waals surface area (Å²) in [5.41, 5.74) is 1.78. The van der Waals surface area contributed by atoms with E-state index in [9.17, 15) is 42.7 Å². The number of ketones is 4. The van der Waals surface area contributed by atoms with E-state index in [0.717, 1.165) is 69.7 Å². The molecule has 0 aliphatic heterocycles. The number of ether oxygens (including phenoxy) is 10. The highest BCUT2D eigenvalue weighted by Crippen LogP contribution is 2.28. The number of methoxy groups -OCH3 is 4. The predicted octanol–water partition coefficient (Wildman–Crippen LogP) is 19.0. The molecule has 9 aromatic rings. The van der Waals surface area contributed by atoms with Crippen molar-refractivity contribution in [2.45, 2.75) is 141 Å². The number of hydrogen-bond donors (Lipinski definition) is 0. The summed E-state index contributed by atoms with van der Waals surface area (Å²) in [6.45, 7) is 8.55. The molecule has 22 nitrogen and oxygen atoms in total. The van der Waals surface area contributed by atoms with E-state index in [1.165, 1.54) is 175 Å². The molecule has 0 fully saturated rings. The van der Waals surface area contributed by atoms with Crippen molar-refractivity contribution in [1.82, 2.24) is 19.9 Å². The van der Waals surface area contributed by atoms with E-state index in [-0.39, 0.29) is 91.6 Å². The van der Waals surface area contributed by atoms with Gasteiger partial charge in [0.2, 0.25) is 23.1 Å². The molecule has 0 saturated carbocycles. The predicted molar refractivity (Wildman–Crippen MR) is 416 cm³/mol. The third-order valence-corrected chi connectivity index (χ3v) is 20.0. The van der Waals surface area contributed by atoms with E-state index in [1.807, 2.05) is 72.4 Å². The summed E-state index contributed by atoms with van der Waals surface area (Å²) in [4.78, 5) is 111. The van der Waals surface area contributed by atoms with Gasteiger partial charge >= 0.3 is 23.9 Å². The molecule has 5 aromatic carbocycles. The Kier molecular flexibility index (Phi) is 39.8. The molecule has 1 atom stereocenters. The SMILES string of the molecule is CCCCCCCCc1ccc(OCC(=O)c2nc(C(=O)OC)cs2)cc1.CCCCCCCOc1ccc(OCC(=O)c2nc(C(=O)OC)cs2)cc1.CCCCCCSc1ccc(OC(C)C(=O)c2nc(C(=O)OC)cs2)cc1.COC(=O)c1csc(C(=O)COc2ccc(Oc3ccc(F)cc3)cc2)n1. The minimum absolute atomic E-state index is 0.0909. The first-order valence-corrected chi connectivity index (χ1v) is 39.8. The number of carbonyl (C=O) groups is 8. The summed E-state index contributed by atoms with van der Waals surface area (Å²) < 4.78 is 64.7. The zero-order valence-corrected chi connectivity index (χ0v) is 65.9. The van der Waals surface area contributed by atoms with E-state index in [4.69, 9.17) is 28.4 Å². The molecule has 0 amide bonds. The summed E-state index contributed by atoms with van der Waals surface area (Å²) >= 11 is 6.21. The normalized spacial score (nSPS) is 10.8. The van der Waals surface area contributed by atoms with Gasteiger partial charge in [0.1, 0.15) is 46.1 Å². The van der Waals surface area contributed by atoms with E-state index < -0.39 is 30.0 Å². The zero-order valence-electron chi connectivity index (χ0n) is 61.8. The smallest absolute Gasteiger partial charge is 0.357 e. The lowest BCUT2D eigenvalue weighted by molar-refractivity contribution is 0.0585. The van der Waals surface area contributed by atoms with Crippen LogP contribution in [0.5, 0.6) is 40.2 Å². The Bertz CT molecular complexity index is 4080. The Morgan fingerprint density at radius 3 is 1.14 bits per heavy atom. The molecule has 0 bridgehead atoms. The van der Waals surface area contributed by atoms with E-state index in [1.54, 1.807) is 43.3 Å².